The maximum absolute atomic E-state index is 12.9. The van der Waals surface area contributed by atoms with Crippen LogP contribution in [0.1, 0.15) is 66.9 Å². The molecule has 0 aromatic heterocycles. The molecule has 1 fully saturated rings. The minimum Gasteiger partial charge on any atom is -0.345 e. The average molecular weight is 440 g/mol. The van der Waals surface area contributed by atoms with E-state index in [1.165, 1.54) is 56.4 Å². The molecule has 1 saturated carbocycles. The van der Waals surface area contributed by atoms with Crippen molar-refractivity contribution in [3.05, 3.63) is 65.7 Å². The third-order valence-corrected chi connectivity index (χ3v) is 7.23. The largest absolute Gasteiger partial charge is 0.345 e. The first-order valence-corrected chi connectivity index (χ1v) is 12.3. The van der Waals surface area contributed by atoms with E-state index in [9.17, 15) is 13.2 Å². The summed E-state index contributed by atoms with van der Waals surface area (Å²) in [5.74, 6) is 0.386. The van der Waals surface area contributed by atoms with Gasteiger partial charge in [-0.15, -0.1) is 0 Å². The molecule has 1 unspecified atom stereocenters. The Bertz CT molecular complexity index is 993. The van der Waals surface area contributed by atoms with Gasteiger partial charge in [0.15, 0.2) is 0 Å². The van der Waals surface area contributed by atoms with E-state index >= 15 is 0 Å². The monoisotopic (exact) mass is 439 g/mol. The Labute approximate surface area is 184 Å². The first-order chi connectivity index (χ1) is 15.0. The van der Waals surface area contributed by atoms with Gasteiger partial charge in [0.2, 0.25) is 10.0 Å². The Morgan fingerprint density at radius 3 is 2.35 bits per heavy atom. The molecule has 2 N–H and O–H groups in total. The third kappa shape index (κ3) is 6.65. The number of rotatable bonds is 9. The molecule has 6 nitrogen and oxygen atoms in total. The van der Waals surface area contributed by atoms with E-state index in [0.29, 0.717) is 11.5 Å². The second-order valence-corrected chi connectivity index (χ2v) is 9.77. The first kappa shape index (κ1) is 23.0. The summed E-state index contributed by atoms with van der Waals surface area (Å²) in [5.41, 5.74) is 1.50. The highest BCUT2D eigenvalue weighted by molar-refractivity contribution is 7.89. The molecular formula is C24H29N3O3S. The molecule has 7 heteroatoms. The van der Waals surface area contributed by atoms with Crippen LogP contribution in [0.3, 0.4) is 0 Å². The first-order valence-electron chi connectivity index (χ1n) is 10.8. The molecule has 0 bridgehead atoms. The molecule has 3 rings (SSSR count). The van der Waals surface area contributed by atoms with E-state index in [2.05, 4.69) is 10.0 Å². The van der Waals surface area contributed by atoms with Gasteiger partial charge in [0.05, 0.1) is 17.0 Å². The molecule has 1 atom stereocenters. The minimum absolute atomic E-state index is 0.0565. The molecule has 2 aromatic rings. The molecule has 1 aliphatic carbocycles. The second kappa shape index (κ2) is 11.1. The van der Waals surface area contributed by atoms with E-state index in [-0.39, 0.29) is 29.8 Å². The van der Waals surface area contributed by atoms with Gasteiger partial charge in [-0.25, -0.2) is 13.1 Å². The number of benzene rings is 2. The second-order valence-electron chi connectivity index (χ2n) is 8.01. The molecule has 2 aromatic carbocycles. The lowest BCUT2D eigenvalue weighted by Crippen LogP contribution is -2.30. The lowest BCUT2D eigenvalue weighted by molar-refractivity contribution is 0.0928. The number of carbonyl (C=O) groups is 1. The van der Waals surface area contributed by atoms with E-state index in [1.54, 1.807) is 0 Å². The smallest absolute Gasteiger partial charge is 0.251 e. The lowest BCUT2D eigenvalue weighted by atomic mass is 9.83. The van der Waals surface area contributed by atoms with Crippen LogP contribution >= 0.6 is 0 Å². The van der Waals surface area contributed by atoms with E-state index < -0.39 is 10.0 Å². The number of sulfonamides is 1. The summed E-state index contributed by atoms with van der Waals surface area (Å²) in [7, 11) is -3.69. The summed E-state index contributed by atoms with van der Waals surface area (Å²) < 4.78 is 26.9. The topological polar surface area (TPSA) is 99.1 Å². The highest BCUT2D eigenvalue weighted by Crippen LogP contribution is 2.32. The van der Waals surface area contributed by atoms with Crippen molar-refractivity contribution in [3.8, 4) is 6.07 Å². The van der Waals surface area contributed by atoms with Gasteiger partial charge in [-0.3, -0.25) is 4.79 Å². The van der Waals surface area contributed by atoms with Crippen LogP contribution in [-0.4, -0.2) is 20.9 Å². The van der Waals surface area contributed by atoms with Crippen molar-refractivity contribution in [2.45, 2.75) is 55.9 Å². The van der Waals surface area contributed by atoms with Gasteiger partial charge in [0.1, 0.15) is 0 Å². The van der Waals surface area contributed by atoms with Crippen molar-refractivity contribution in [3.63, 3.8) is 0 Å². The Morgan fingerprint density at radius 1 is 1.03 bits per heavy atom. The molecule has 0 aliphatic heterocycles. The maximum atomic E-state index is 12.9. The molecule has 1 amide bonds. The van der Waals surface area contributed by atoms with Crippen LogP contribution in [-0.2, 0) is 10.0 Å². The Kier molecular flexibility index (Phi) is 8.21. The van der Waals surface area contributed by atoms with Crippen LogP contribution in [0.5, 0.6) is 0 Å². The molecule has 0 heterocycles. The van der Waals surface area contributed by atoms with Crippen molar-refractivity contribution < 1.29 is 13.2 Å². The summed E-state index contributed by atoms with van der Waals surface area (Å²) in [5, 5.41) is 11.7. The number of amides is 1. The van der Waals surface area contributed by atoms with Gasteiger partial charge in [-0.1, -0.05) is 62.4 Å². The fraction of sp³-hybridized carbons (Fsp3) is 0.417. The standard InChI is InChI=1S/C24H29N3O3S/c25-16-7-17-26-31(29,30)22-14-12-21(13-15-22)24(28)27-23(20-10-5-2-6-11-20)18-19-8-3-1-4-9-19/h2,5-6,10-15,19,23,26H,1,3-4,7-9,17-18H2,(H,27,28). The molecular weight excluding hydrogens is 410 g/mol. The number of nitriles is 1. The van der Waals surface area contributed by atoms with Crippen LogP contribution in [0, 0.1) is 17.2 Å². The lowest BCUT2D eigenvalue weighted by Gasteiger charge is -2.27. The predicted molar refractivity (Wildman–Crippen MR) is 120 cm³/mol. The average Bonchev–Trinajstić information content (AvgIpc) is 2.80. The van der Waals surface area contributed by atoms with Gasteiger partial charge in [-0.2, -0.15) is 5.26 Å². The van der Waals surface area contributed by atoms with Gasteiger partial charge in [0, 0.05) is 18.5 Å². The molecule has 0 spiro atoms. The number of nitrogens with one attached hydrogen (secondary N) is 2. The van der Waals surface area contributed by atoms with Crippen LogP contribution in [0.2, 0.25) is 0 Å². The van der Waals surface area contributed by atoms with Crippen LogP contribution in [0.4, 0.5) is 0 Å². The Hall–Kier alpha value is -2.69. The summed E-state index contributed by atoms with van der Waals surface area (Å²) in [4.78, 5) is 13.0. The van der Waals surface area contributed by atoms with Crippen LogP contribution in [0.25, 0.3) is 0 Å². The maximum Gasteiger partial charge on any atom is 0.251 e. The van der Waals surface area contributed by atoms with E-state index in [4.69, 9.17) is 5.26 Å². The van der Waals surface area contributed by atoms with Gasteiger partial charge < -0.3 is 5.32 Å². The molecule has 0 radical (unpaired) electrons. The molecule has 164 valence electrons. The highest BCUT2D eigenvalue weighted by atomic mass is 32.2. The number of carbonyl (C=O) groups excluding carboxylic acids is 1. The number of nitrogens with zero attached hydrogens (tertiary/aromatic N) is 1. The SMILES string of the molecule is N#CCCNS(=O)(=O)c1ccc(C(=O)NC(CC2CCCCC2)c2ccccc2)cc1. The fourth-order valence-corrected chi connectivity index (χ4v) is 5.10. The van der Waals surface area contributed by atoms with Crippen molar-refractivity contribution in [2.24, 2.45) is 5.92 Å². The minimum atomic E-state index is -3.69. The Balaban J connectivity index is 1.70. The zero-order valence-electron chi connectivity index (χ0n) is 17.6. The van der Waals surface area contributed by atoms with Crippen molar-refractivity contribution in [1.29, 1.82) is 5.26 Å². The molecule has 0 saturated heterocycles. The summed E-state index contributed by atoms with van der Waals surface area (Å²) in [6.07, 6.45) is 7.19. The normalized spacial score (nSPS) is 15.7. The van der Waals surface area contributed by atoms with Crippen molar-refractivity contribution >= 4 is 15.9 Å². The van der Waals surface area contributed by atoms with Gasteiger partial charge >= 0.3 is 0 Å². The number of hydrogen-bond acceptors (Lipinski definition) is 4. The third-order valence-electron chi connectivity index (χ3n) is 5.76. The summed E-state index contributed by atoms with van der Waals surface area (Å²) in [6, 6.07) is 17.7. The van der Waals surface area contributed by atoms with Crippen molar-refractivity contribution in [2.75, 3.05) is 6.54 Å². The quantitative estimate of drug-likeness (QED) is 0.568. The van der Waals surface area contributed by atoms with Gasteiger partial charge in [-0.05, 0) is 42.2 Å². The molecule has 31 heavy (non-hydrogen) atoms. The van der Waals surface area contributed by atoms with Crippen molar-refractivity contribution in [1.82, 2.24) is 10.0 Å². The fourth-order valence-electron chi connectivity index (χ4n) is 4.07. The van der Waals surface area contributed by atoms with Gasteiger partial charge in [0.25, 0.3) is 5.91 Å². The van der Waals surface area contributed by atoms with Crippen LogP contribution in [0.15, 0.2) is 59.5 Å². The number of hydrogen-bond donors (Lipinski definition) is 2. The van der Waals surface area contributed by atoms with E-state index in [0.717, 1.165) is 12.0 Å². The van der Waals surface area contributed by atoms with Crippen LogP contribution < -0.4 is 10.0 Å². The van der Waals surface area contributed by atoms with E-state index in [1.807, 2.05) is 36.4 Å². The Morgan fingerprint density at radius 2 is 1.71 bits per heavy atom. The highest BCUT2D eigenvalue weighted by Gasteiger charge is 2.22. The zero-order valence-corrected chi connectivity index (χ0v) is 18.4. The summed E-state index contributed by atoms with van der Waals surface area (Å²) >= 11 is 0. The zero-order chi connectivity index (χ0) is 22.1. The summed E-state index contributed by atoms with van der Waals surface area (Å²) in [6.45, 7) is 0.0565. The molecule has 1 aliphatic rings. The predicted octanol–water partition coefficient (Wildman–Crippen LogP) is 4.32.